The molecule has 6 heteroatoms. The molecule has 0 radical (unpaired) electrons. The Bertz CT molecular complexity index is 1150. The molecule has 4 unspecified atom stereocenters. The van der Waals surface area contributed by atoms with Crippen LogP contribution in [0.15, 0.2) is 29.1 Å². The zero-order valence-electron chi connectivity index (χ0n) is 17.7. The fourth-order valence-electron chi connectivity index (χ4n) is 6.97. The van der Waals surface area contributed by atoms with E-state index >= 15 is 0 Å². The van der Waals surface area contributed by atoms with Gasteiger partial charge in [-0.3, -0.25) is 9.69 Å². The van der Waals surface area contributed by atoms with Gasteiger partial charge in [-0.2, -0.15) is 0 Å². The smallest absolute Gasteiger partial charge is 0.341 e. The van der Waals surface area contributed by atoms with Crippen LogP contribution in [-0.2, 0) is 18.3 Å². The molecule has 2 aromatic rings. The van der Waals surface area contributed by atoms with Gasteiger partial charge in [-0.05, 0) is 91.7 Å². The largest absolute Gasteiger partial charge is 0.508 e. The Kier molecular flexibility index (Phi) is 3.98. The first-order valence-corrected chi connectivity index (χ1v) is 11.4. The summed E-state index contributed by atoms with van der Waals surface area (Å²) in [5.41, 5.74) is 3.36. The molecule has 1 aromatic carbocycles. The molecule has 4 aliphatic rings. The van der Waals surface area contributed by atoms with Crippen LogP contribution in [0.5, 0.6) is 5.75 Å². The van der Waals surface area contributed by atoms with Gasteiger partial charge in [-0.15, -0.1) is 0 Å². The van der Waals surface area contributed by atoms with E-state index in [4.69, 9.17) is 0 Å². The number of benzene rings is 1. The van der Waals surface area contributed by atoms with Gasteiger partial charge < -0.3 is 15.2 Å². The van der Waals surface area contributed by atoms with Gasteiger partial charge in [0.05, 0.1) is 0 Å². The number of phenols is 1. The maximum Gasteiger partial charge on any atom is 0.341 e. The van der Waals surface area contributed by atoms with Crippen LogP contribution in [0, 0.1) is 24.7 Å². The molecular weight excluding hydrogens is 392 g/mol. The minimum atomic E-state index is -1.17. The summed E-state index contributed by atoms with van der Waals surface area (Å²) in [6.07, 6.45) is 5.18. The van der Waals surface area contributed by atoms with Gasteiger partial charge >= 0.3 is 5.97 Å². The lowest BCUT2D eigenvalue weighted by atomic mass is 9.62. The van der Waals surface area contributed by atoms with E-state index in [2.05, 4.69) is 16.8 Å². The van der Waals surface area contributed by atoms with Gasteiger partial charge in [-0.1, -0.05) is 6.07 Å². The average molecular weight is 421 g/mol. The number of rotatable bonds is 4. The molecular formula is C25H28N2O4. The van der Waals surface area contributed by atoms with Crippen LogP contribution >= 0.6 is 0 Å². The number of aryl methyl sites for hydroxylation is 1. The highest BCUT2D eigenvalue weighted by Crippen LogP contribution is 2.60. The van der Waals surface area contributed by atoms with Crippen LogP contribution in [-0.4, -0.2) is 45.2 Å². The van der Waals surface area contributed by atoms with E-state index in [0.29, 0.717) is 24.3 Å². The molecule has 1 aromatic heterocycles. The number of carboxylic acids is 1. The molecule has 31 heavy (non-hydrogen) atoms. The van der Waals surface area contributed by atoms with E-state index in [9.17, 15) is 19.8 Å². The van der Waals surface area contributed by atoms with Crippen molar-refractivity contribution in [2.75, 3.05) is 13.1 Å². The number of aromatic carboxylic acids is 1. The Hall–Kier alpha value is -2.60. The van der Waals surface area contributed by atoms with Gasteiger partial charge in [0.15, 0.2) is 0 Å². The molecule has 4 atom stereocenters. The fourth-order valence-corrected chi connectivity index (χ4v) is 6.97. The molecule has 0 bridgehead atoms. The minimum Gasteiger partial charge on any atom is -0.508 e. The maximum atomic E-state index is 12.4. The molecule has 0 spiro atoms. The van der Waals surface area contributed by atoms with E-state index in [1.54, 1.807) is 12.1 Å². The number of hydrogen-bond acceptors (Lipinski definition) is 4. The van der Waals surface area contributed by atoms with Crippen LogP contribution < -0.4 is 5.56 Å². The second-order valence-corrected chi connectivity index (χ2v) is 10.3. The number of fused-ring (bicyclic) bond motifs is 4. The summed E-state index contributed by atoms with van der Waals surface area (Å²) in [7, 11) is 0. The van der Waals surface area contributed by atoms with E-state index in [0.717, 1.165) is 36.6 Å². The zero-order valence-corrected chi connectivity index (χ0v) is 17.7. The second kappa shape index (κ2) is 6.45. The van der Waals surface area contributed by atoms with E-state index in [-0.39, 0.29) is 16.7 Å². The minimum absolute atomic E-state index is 0.142. The van der Waals surface area contributed by atoms with E-state index in [1.165, 1.54) is 30.5 Å². The van der Waals surface area contributed by atoms with Crippen molar-refractivity contribution in [1.82, 2.24) is 9.88 Å². The quantitative estimate of drug-likeness (QED) is 0.707. The fraction of sp³-hybridized carbons (Fsp3) is 0.520. The average Bonchev–Trinajstić information content (AvgIpc) is 3.49. The molecule has 3 aliphatic carbocycles. The number of nitrogens with zero attached hydrogens (tertiary/aromatic N) is 1. The summed E-state index contributed by atoms with van der Waals surface area (Å²) in [5, 5.41) is 19.8. The Morgan fingerprint density at radius 2 is 2.10 bits per heavy atom. The van der Waals surface area contributed by atoms with Crippen LogP contribution in [0.4, 0.5) is 0 Å². The Balaban J connectivity index is 1.48. The second-order valence-electron chi connectivity index (χ2n) is 10.3. The number of H-pyrrole nitrogens is 1. The summed E-state index contributed by atoms with van der Waals surface area (Å²) < 4.78 is 0. The molecule has 6 nitrogen and oxygen atoms in total. The summed E-state index contributed by atoms with van der Waals surface area (Å²) in [6, 6.07) is 7.76. The van der Waals surface area contributed by atoms with Gasteiger partial charge in [-0.25, -0.2) is 4.79 Å². The SMILES string of the molecule is Cc1ccc(O)cc1C12Cc3[nH]c(=O)c(C(=O)O)cc3CC1C1C(CN1CC1CC1)C2. The lowest BCUT2D eigenvalue weighted by Crippen LogP contribution is -2.58. The lowest BCUT2D eigenvalue weighted by molar-refractivity contribution is 0.00552. The predicted octanol–water partition coefficient (Wildman–Crippen LogP) is 2.85. The molecule has 6 rings (SSSR count). The molecule has 3 fully saturated rings. The molecule has 2 saturated carbocycles. The third-order valence-corrected chi connectivity index (χ3v) is 8.45. The van der Waals surface area contributed by atoms with Crippen LogP contribution in [0.2, 0.25) is 0 Å². The Morgan fingerprint density at radius 1 is 1.29 bits per heavy atom. The number of aromatic nitrogens is 1. The lowest BCUT2D eigenvalue weighted by Gasteiger charge is -2.49. The van der Waals surface area contributed by atoms with Crippen molar-refractivity contribution in [2.45, 2.75) is 50.5 Å². The van der Waals surface area contributed by atoms with E-state index < -0.39 is 11.5 Å². The first-order chi connectivity index (χ1) is 14.9. The molecule has 3 N–H and O–H groups in total. The van der Waals surface area contributed by atoms with Gasteiger partial charge in [0.25, 0.3) is 5.56 Å². The standard InChI is InChI=1S/C25H28N2O4/c1-13-2-5-17(28)8-19(13)25-9-16-12-27(11-14-3-4-14)22(16)20(25)7-15-6-18(24(30)31)23(29)26-21(15)10-25/h2,5-6,8,14,16,20,22,28H,3-4,7,9-12H2,1H3,(H,26,29)(H,30,31). The Labute approximate surface area is 180 Å². The molecule has 2 heterocycles. The molecule has 1 aliphatic heterocycles. The highest BCUT2D eigenvalue weighted by atomic mass is 16.4. The van der Waals surface area contributed by atoms with Gasteiger partial charge in [0, 0.05) is 30.2 Å². The normalized spacial score (nSPS) is 31.5. The van der Waals surface area contributed by atoms with Gasteiger partial charge in [0.1, 0.15) is 11.3 Å². The van der Waals surface area contributed by atoms with Crippen molar-refractivity contribution < 1.29 is 15.0 Å². The summed E-state index contributed by atoms with van der Waals surface area (Å²) in [4.78, 5) is 29.5. The number of aromatic hydroxyl groups is 1. The number of carboxylic acid groups (broad SMARTS) is 1. The summed E-state index contributed by atoms with van der Waals surface area (Å²) in [5.74, 6) is 0.914. The number of aromatic amines is 1. The van der Waals surface area contributed by atoms with Crippen LogP contribution in [0.3, 0.4) is 0 Å². The van der Waals surface area contributed by atoms with Crippen molar-refractivity contribution >= 4 is 5.97 Å². The monoisotopic (exact) mass is 420 g/mol. The maximum absolute atomic E-state index is 12.4. The molecule has 1 saturated heterocycles. The first kappa shape index (κ1) is 19.1. The van der Waals surface area contributed by atoms with E-state index in [1.807, 2.05) is 12.1 Å². The third-order valence-electron chi connectivity index (χ3n) is 8.45. The number of hydrogen-bond donors (Lipinski definition) is 3. The van der Waals surface area contributed by atoms with Crippen molar-refractivity contribution in [3.05, 3.63) is 62.6 Å². The topological polar surface area (TPSA) is 93.6 Å². The Morgan fingerprint density at radius 3 is 2.84 bits per heavy atom. The summed E-state index contributed by atoms with van der Waals surface area (Å²) in [6.45, 7) is 4.41. The number of nitrogens with one attached hydrogen (secondary N) is 1. The van der Waals surface area contributed by atoms with Crippen molar-refractivity contribution in [2.24, 2.45) is 17.8 Å². The number of carbonyl (C=O) groups is 1. The van der Waals surface area contributed by atoms with Crippen molar-refractivity contribution in [1.29, 1.82) is 0 Å². The van der Waals surface area contributed by atoms with Crippen molar-refractivity contribution in [3.8, 4) is 5.75 Å². The first-order valence-electron chi connectivity index (χ1n) is 11.4. The predicted molar refractivity (Wildman–Crippen MR) is 116 cm³/mol. The molecule has 162 valence electrons. The third kappa shape index (κ3) is 2.80. The highest BCUT2D eigenvalue weighted by molar-refractivity contribution is 5.87. The number of likely N-dealkylation sites (tertiary alicyclic amines) is 1. The van der Waals surface area contributed by atoms with Crippen LogP contribution in [0.25, 0.3) is 0 Å². The summed E-state index contributed by atoms with van der Waals surface area (Å²) >= 11 is 0. The highest BCUT2D eigenvalue weighted by Gasteiger charge is 2.62. The molecule has 0 amide bonds. The van der Waals surface area contributed by atoms with Crippen LogP contribution in [0.1, 0.15) is 52.0 Å². The van der Waals surface area contributed by atoms with Gasteiger partial charge in [0.2, 0.25) is 0 Å². The number of pyridine rings is 1. The van der Waals surface area contributed by atoms with Crippen molar-refractivity contribution in [3.63, 3.8) is 0 Å². The number of phenolic OH excluding ortho intramolecular Hbond substituents is 1. The zero-order chi connectivity index (χ0) is 21.5.